The van der Waals surface area contributed by atoms with Crippen molar-refractivity contribution in [1.82, 2.24) is 14.5 Å². The van der Waals surface area contributed by atoms with Gasteiger partial charge >= 0.3 is 5.97 Å². The molecular weight excluding hydrogens is 583 g/mol. The molecule has 1 N–H and O–H groups in total. The first-order valence-corrected chi connectivity index (χ1v) is 14.0. The van der Waals surface area contributed by atoms with Crippen LogP contribution in [0.3, 0.4) is 0 Å². The number of hydrogen-bond acceptors (Lipinski definition) is 5. The number of carbonyl (C=O) groups is 1. The number of ether oxygens (including phenoxy) is 2. The van der Waals surface area contributed by atoms with Gasteiger partial charge in [0.05, 0.1) is 34.9 Å². The van der Waals surface area contributed by atoms with Gasteiger partial charge in [0.25, 0.3) is 0 Å². The first kappa shape index (κ1) is 28.7. The lowest BCUT2D eigenvalue weighted by Crippen LogP contribution is -2.17. The molecule has 0 amide bonds. The SMILES string of the molecule is O=C(O)c1ccc2nc(Cc3cc(F)c(-c4cccc(OCc5ccc(Cl)cc5F)n4)cc3F)n(C[C@@H]3CCCO3)c2c1. The monoisotopic (exact) mass is 607 g/mol. The van der Waals surface area contributed by atoms with Crippen LogP contribution in [0.1, 0.15) is 40.2 Å². The van der Waals surface area contributed by atoms with Gasteiger partial charge in [-0.2, -0.15) is 0 Å². The van der Waals surface area contributed by atoms with E-state index in [0.29, 0.717) is 30.0 Å². The predicted octanol–water partition coefficient (Wildman–Crippen LogP) is 7.22. The molecule has 2 aromatic heterocycles. The molecule has 0 aliphatic carbocycles. The van der Waals surface area contributed by atoms with E-state index in [-0.39, 0.29) is 58.0 Å². The Hall–Kier alpha value is -4.41. The van der Waals surface area contributed by atoms with Gasteiger partial charge in [0.2, 0.25) is 5.88 Å². The van der Waals surface area contributed by atoms with E-state index < -0.39 is 23.4 Å². The predicted molar refractivity (Wildman–Crippen MR) is 154 cm³/mol. The topological polar surface area (TPSA) is 86.5 Å². The van der Waals surface area contributed by atoms with Crippen molar-refractivity contribution in [3.8, 4) is 17.1 Å². The van der Waals surface area contributed by atoms with Crippen LogP contribution in [-0.2, 0) is 24.3 Å². The van der Waals surface area contributed by atoms with Crippen LogP contribution >= 0.6 is 11.6 Å². The minimum absolute atomic E-state index is 0.0317. The second-order valence-electron chi connectivity index (χ2n) is 10.3. The molecule has 1 aliphatic rings. The molecule has 6 rings (SSSR count). The van der Waals surface area contributed by atoms with Crippen LogP contribution in [-0.4, -0.2) is 38.3 Å². The van der Waals surface area contributed by atoms with Crippen molar-refractivity contribution in [3.05, 3.63) is 112 Å². The lowest BCUT2D eigenvalue weighted by atomic mass is 10.0. The smallest absolute Gasteiger partial charge is 0.335 e. The Bertz CT molecular complexity index is 1840. The van der Waals surface area contributed by atoms with Crippen molar-refractivity contribution in [3.63, 3.8) is 0 Å². The maximum atomic E-state index is 15.5. The molecule has 0 unspecified atom stereocenters. The van der Waals surface area contributed by atoms with Gasteiger partial charge < -0.3 is 19.1 Å². The molecule has 1 aliphatic heterocycles. The van der Waals surface area contributed by atoms with Gasteiger partial charge in [0, 0.05) is 35.2 Å². The van der Waals surface area contributed by atoms with Gasteiger partial charge in [-0.15, -0.1) is 0 Å². The second kappa shape index (κ2) is 12.1. The van der Waals surface area contributed by atoms with Crippen LogP contribution in [0.25, 0.3) is 22.3 Å². The van der Waals surface area contributed by atoms with E-state index in [2.05, 4.69) is 9.97 Å². The summed E-state index contributed by atoms with van der Waals surface area (Å²) in [4.78, 5) is 20.5. The number of aromatic carboxylic acids is 1. The summed E-state index contributed by atoms with van der Waals surface area (Å²) in [5.41, 5.74) is 1.66. The Morgan fingerprint density at radius 2 is 1.84 bits per heavy atom. The number of carboxylic acids is 1. The molecule has 7 nitrogen and oxygen atoms in total. The molecule has 1 atom stereocenters. The first-order chi connectivity index (χ1) is 20.7. The highest BCUT2D eigenvalue weighted by atomic mass is 35.5. The van der Waals surface area contributed by atoms with Crippen LogP contribution in [0.5, 0.6) is 5.88 Å². The number of hydrogen-bond donors (Lipinski definition) is 1. The van der Waals surface area contributed by atoms with Gasteiger partial charge in [-0.25, -0.2) is 27.9 Å². The standard InChI is InChI=1S/C32H25ClF3N3O4/c33-21-8-6-19(24(34)14-21)17-43-31-5-1-4-27(38-31)23-15-25(35)20(11-26(23)36)13-30-37-28-9-7-18(32(40)41)12-29(28)39(30)16-22-3-2-10-42-22/h1,4-9,11-12,14-15,22H,2-3,10,13,16-17H2,(H,40,41)/t22-/m0/s1. The molecule has 11 heteroatoms. The third-order valence-corrected chi connectivity index (χ3v) is 7.59. The number of imidazole rings is 1. The van der Waals surface area contributed by atoms with E-state index in [1.54, 1.807) is 12.1 Å². The number of carboxylic acid groups (broad SMARTS) is 1. The van der Waals surface area contributed by atoms with Crippen molar-refractivity contribution in [2.45, 2.75) is 38.5 Å². The second-order valence-corrected chi connectivity index (χ2v) is 10.7. The summed E-state index contributed by atoms with van der Waals surface area (Å²) >= 11 is 5.79. The maximum Gasteiger partial charge on any atom is 0.335 e. The summed E-state index contributed by atoms with van der Waals surface area (Å²) in [5, 5.41) is 9.75. The van der Waals surface area contributed by atoms with Crippen molar-refractivity contribution in [1.29, 1.82) is 0 Å². The molecule has 43 heavy (non-hydrogen) atoms. The number of fused-ring (bicyclic) bond motifs is 1. The van der Waals surface area contributed by atoms with Crippen LogP contribution in [0.4, 0.5) is 13.2 Å². The molecule has 0 spiro atoms. The van der Waals surface area contributed by atoms with E-state index in [1.807, 2.05) is 4.57 Å². The van der Waals surface area contributed by atoms with Crippen molar-refractivity contribution >= 4 is 28.6 Å². The third-order valence-electron chi connectivity index (χ3n) is 7.36. The summed E-state index contributed by atoms with van der Waals surface area (Å²) < 4.78 is 58.3. The van der Waals surface area contributed by atoms with E-state index in [9.17, 15) is 14.3 Å². The van der Waals surface area contributed by atoms with Crippen molar-refractivity contribution in [2.75, 3.05) is 6.61 Å². The average molecular weight is 608 g/mol. The molecular formula is C32H25ClF3N3O4. The van der Waals surface area contributed by atoms with Gasteiger partial charge in [-0.05, 0) is 66.9 Å². The number of rotatable bonds is 9. The molecule has 0 bridgehead atoms. The molecule has 220 valence electrons. The number of halogens is 4. The molecule has 5 aromatic rings. The highest BCUT2D eigenvalue weighted by Gasteiger charge is 2.22. The summed E-state index contributed by atoms with van der Waals surface area (Å²) in [6, 6.07) is 15.6. The van der Waals surface area contributed by atoms with E-state index in [0.717, 1.165) is 25.0 Å². The van der Waals surface area contributed by atoms with Gasteiger partial charge in [0.1, 0.15) is 29.9 Å². The zero-order valence-corrected chi connectivity index (χ0v) is 23.5. The van der Waals surface area contributed by atoms with Crippen molar-refractivity contribution in [2.24, 2.45) is 0 Å². The third kappa shape index (κ3) is 6.21. The summed E-state index contributed by atoms with van der Waals surface area (Å²) in [6.07, 6.45) is 1.62. The fourth-order valence-corrected chi connectivity index (χ4v) is 5.32. The molecule has 3 heterocycles. The summed E-state index contributed by atoms with van der Waals surface area (Å²) in [6.45, 7) is 0.913. The highest BCUT2D eigenvalue weighted by molar-refractivity contribution is 6.30. The Balaban J connectivity index is 1.27. The lowest BCUT2D eigenvalue weighted by Gasteiger charge is -2.15. The van der Waals surface area contributed by atoms with Crippen LogP contribution in [0.2, 0.25) is 5.02 Å². The van der Waals surface area contributed by atoms with E-state index >= 15 is 8.78 Å². The Morgan fingerprint density at radius 1 is 1.00 bits per heavy atom. The maximum absolute atomic E-state index is 15.5. The Morgan fingerprint density at radius 3 is 2.60 bits per heavy atom. The Kier molecular flexibility index (Phi) is 8.05. The fourth-order valence-electron chi connectivity index (χ4n) is 5.16. The van der Waals surface area contributed by atoms with Crippen LogP contribution < -0.4 is 4.74 Å². The summed E-state index contributed by atoms with van der Waals surface area (Å²) in [7, 11) is 0. The van der Waals surface area contributed by atoms with E-state index in [1.165, 1.54) is 42.5 Å². The summed E-state index contributed by atoms with van der Waals surface area (Å²) in [5.74, 6) is -2.38. The largest absolute Gasteiger partial charge is 0.478 e. The number of aromatic nitrogens is 3. The van der Waals surface area contributed by atoms with E-state index in [4.69, 9.17) is 21.1 Å². The Labute approximate surface area is 249 Å². The zero-order valence-electron chi connectivity index (χ0n) is 22.7. The molecule has 3 aromatic carbocycles. The zero-order chi connectivity index (χ0) is 30.1. The first-order valence-electron chi connectivity index (χ1n) is 13.6. The number of nitrogens with zero attached hydrogens (tertiary/aromatic N) is 3. The number of benzene rings is 3. The normalized spacial score (nSPS) is 14.8. The molecule has 1 saturated heterocycles. The minimum atomic E-state index is -1.07. The van der Waals surface area contributed by atoms with Gasteiger partial charge in [-0.3, -0.25) is 0 Å². The van der Waals surface area contributed by atoms with Crippen LogP contribution in [0.15, 0.2) is 66.7 Å². The van der Waals surface area contributed by atoms with Crippen molar-refractivity contribution < 1.29 is 32.5 Å². The van der Waals surface area contributed by atoms with Gasteiger partial charge in [0.15, 0.2) is 0 Å². The molecule has 0 saturated carbocycles. The molecule has 0 radical (unpaired) electrons. The van der Waals surface area contributed by atoms with Gasteiger partial charge in [-0.1, -0.05) is 23.7 Å². The minimum Gasteiger partial charge on any atom is -0.478 e. The fraction of sp³-hybridized carbons (Fsp3) is 0.219. The highest BCUT2D eigenvalue weighted by Crippen LogP contribution is 2.29. The quantitative estimate of drug-likeness (QED) is 0.190. The van der Waals surface area contributed by atoms with Crippen LogP contribution in [0, 0.1) is 17.5 Å². The average Bonchev–Trinajstić information content (AvgIpc) is 3.62. The molecule has 1 fully saturated rings. The lowest BCUT2D eigenvalue weighted by molar-refractivity contribution is 0.0697. The number of pyridine rings is 1.